The highest BCUT2D eigenvalue weighted by Crippen LogP contribution is 2.45. The predicted molar refractivity (Wildman–Crippen MR) is 335 cm³/mol. The summed E-state index contributed by atoms with van der Waals surface area (Å²) in [5.41, 5.74) is 0. The van der Waals surface area contributed by atoms with Crippen LogP contribution in [-0.2, 0) is 65.4 Å². The van der Waals surface area contributed by atoms with Crippen LogP contribution in [0.2, 0.25) is 0 Å². The summed E-state index contributed by atoms with van der Waals surface area (Å²) in [5.74, 6) is -1.41. The number of esters is 4. The van der Waals surface area contributed by atoms with Crippen LogP contribution in [-0.4, -0.2) is 96.7 Å². The fraction of sp³-hybridized carbons (Fsp3) is 0.938. The van der Waals surface area contributed by atoms with Gasteiger partial charge in [0.1, 0.15) is 19.3 Å². The molecule has 3 unspecified atom stereocenters. The second-order valence-electron chi connectivity index (χ2n) is 23.7. The number of ether oxygens (including phenoxy) is 4. The van der Waals surface area contributed by atoms with E-state index in [2.05, 4.69) is 34.6 Å². The summed E-state index contributed by atoms with van der Waals surface area (Å²) in [6.07, 6.45) is 43.1. The first-order valence-electron chi connectivity index (χ1n) is 34.2. The maximum absolute atomic E-state index is 13.0. The molecule has 0 saturated carbocycles. The van der Waals surface area contributed by atoms with Crippen LogP contribution in [0.15, 0.2) is 0 Å². The molecule has 0 saturated heterocycles. The molecule has 0 rings (SSSR count). The van der Waals surface area contributed by atoms with E-state index in [0.29, 0.717) is 25.7 Å². The van der Waals surface area contributed by atoms with E-state index in [4.69, 9.17) is 37.0 Å². The Morgan fingerprint density at radius 3 is 0.845 bits per heavy atom. The first kappa shape index (κ1) is 82.1. The summed E-state index contributed by atoms with van der Waals surface area (Å²) in [7, 11) is -9.88. The Morgan fingerprint density at radius 1 is 0.333 bits per heavy atom. The van der Waals surface area contributed by atoms with Gasteiger partial charge >= 0.3 is 39.5 Å². The number of carbonyl (C=O) groups is 4. The second-order valence-corrected chi connectivity index (χ2v) is 26.7. The first-order valence-corrected chi connectivity index (χ1v) is 37.2. The molecule has 0 heterocycles. The van der Waals surface area contributed by atoms with Crippen molar-refractivity contribution in [3.05, 3.63) is 0 Å². The highest BCUT2D eigenvalue weighted by Gasteiger charge is 2.30. The van der Waals surface area contributed by atoms with Crippen molar-refractivity contribution in [3.63, 3.8) is 0 Å². The van der Waals surface area contributed by atoms with Gasteiger partial charge in [-0.2, -0.15) is 0 Å². The lowest BCUT2D eigenvalue weighted by atomic mass is 10.00. The molecule has 0 bridgehead atoms. The minimum atomic E-state index is -4.94. The number of hydrogen-bond acceptors (Lipinski definition) is 15. The van der Waals surface area contributed by atoms with E-state index in [0.717, 1.165) is 102 Å². The number of hydrogen-bond donors (Lipinski definition) is 3. The van der Waals surface area contributed by atoms with Gasteiger partial charge in [-0.3, -0.25) is 37.3 Å². The zero-order valence-electron chi connectivity index (χ0n) is 54.0. The highest BCUT2D eigenvalue weighted by molar-refractivity contribution is 7.47. The fourth-order valence-electron chi connectivity index (χ4n) is 9.73. The van der Waals surface area contributed by atoms with Crippen molar-refractivity contribution >= 4 is 39.5 Å². The standard InChI is InChI=1S/C65H126O17P2/c1-6-10-13-16-19-22-24-25-26-27-29-31-34-40-45-50-64(69)81-60(54-76-63(68)49-44-39-33-30-28-23-20-17-14-11-7-2)56-79-83(71,72)77-52-59(66)53-78-84(73,74)80-57-61(55-75-62(67)48-43-38-32-21-18-15-12-8-3)82-65(70)51-46-41-36-35-37-42-47-58(5)9-4/h58-61,66H,6-57H2,1-5H3,(H,71,72)(H,73,74)/t58?,59-,60-,61-/m1/s1. The van der Waals surface area contributed by atoms with Crippen molar-refractivity contribution < 1.29 is 80.2 Å². The third-order valence-corrected chi connectivity index (χ3v) is 17.3. The third-order valence-electron chi connectivity index (χ3n) is 15.4. The van der Waals surface area contributed by atoms with Crippen molar-refractivity contribution in [2.45, 2.75) is 348 Å². The molecular formula is C65H126O17P2. The molecule has 0 radical (unpaired) electrons. The molecule has 0 aromatic heterocycles. The quantitative estimate of drug-likeness (QED) is 0.0222. The van der Waals surface area contributed by atoms with Gasteiger partial charge in [-0.15, -0.1) is 0 Å². The summed E-state index contributed by atoms with van der Waals surface area (Å²) in [6, 6.07) is 0. The first-order chi connectivity index (χ1) is 40.6. The zero-order valence-corrected chi connectivity index (χ0v) is 55.8. The van der Waals surface area contributed by atoms with Crippen LogP contribution in [0.3, 0.4) is 0 Å². The monoisotopic (exact) mass is 1240 g/mol. The molecule has 3 N–H and O–H groups in total. The van der Waals surface area contributed by atoms with Crippen LogP contribution in [0, 0.1) is 5.92 Å². The predicted octanol–water partition coefficient (Wildman–Crippen LogP) is 18.2. The van der Waals surface area contributed by atoms with E-state index in [1.54, 1.807) is 0 Å². The summed E-state index contributed by atoms with van der Waals surface area (Å²) < 4.78 is 68.0. The lowest BCUT2D eigenvalue weighted by molar-refractivity contribution is -0.161. The number of aliphatic hydroxyl groups is 1. The Bertz CT molecular complexity index is 1640. The van der Waals surface area contributed by atoms with E-state index in [1.165, 1.54) is 148 Å². The highest BCUT2D eigenvalue weighted by atomic mass is 31.2. The lowest BCUT2D eigenvalue weighted by Crippen LogP contribution is -2.30. The van der Waals surface area contributed by atoms with Crippen molar-refractivity contribution in [2.24, 2.45) is 5.92 Å². The normalized spacial score (nSPS) is 14.5. The molecule has 0 aliphatic heterocycles. The van der Waals surface area contributed by atoms with Crippen LogP contribution in [0.5, 0.6) is 0 Å². The van der Waals surface area contributed by atoms with Gasteiger partial charge < -0.3 is 33.8 Å². The van der Waals surface area contributed by atoms with Crippen molar-refractivity contribution in [1.29, 1.82) is 0 Å². The Kier molecular flexibility index (Phi) is 57.4. The van der Waals surface area contributed by atoms with Crippen LogP contribution in [0.4, 0.5) is 0 Å². The number of unbranched alkanes of at least 4 members (excludes halogenated alkanes) is 36. The van der Waals surface area contributed by atoms with Gasteiger partial charge in [0.25, 0.3) is 0 Å². The number of carbonyl (C=O) groups excluding carboxylic acids is 4. The summed E-state index contributed by atoms with van der Waals surface area (Å²) in [5, 5.41) is 10.5. The minimum absolute atomic E-state index is 0.103. The molecular weight excluding hydrogens is 1110 g/mol. The Balaban J connectivity index is 5.22. The van der Waals surface area contributed by atoms with Crippen LogP contribution in [0.1, 0.15) is 330 Å². The summed E-state index contributed by atoms with van der Waals surface area (Å²) in [6.45, 7) is 7.13. The molecule has 498 valence electrons. The van der Waals surface area contributed by atoms with E-state index >= 15 is 0 Å². The molecule has 0 aromatic carbocycles. The topological polar surface area (TPSA) is 237 Å². The zero-order chi connectivity index (χ0) is 62.0. The van der Waals surface area contributed by atoms with E-state index < -0.39 is 97.5 Å². The largest absolute Gasteiger partial charge is 0.472 e. The van der Waals surface area contributed by atoms with E-state index in [1.807, 2.05) is 0 Å². The fourth-order valence-corrected chi connectivity index (χ4v) is 11.3. The van der Waals surface area contributed by atoms with Crippen LogP contribution < -0.4 is 0 Å². The number of phosphoric ester groups is 2. The van der Waals surface area contributed by atoms with Gasteiger partial charge in [0.15, 0.2) is 12.2 Å². The Morgan fingerprint density at radius 2 is 0.571 bits per heavy atom. The van der Waals surface area contributed by atoms with E-state index in [9.17, 15) is 43.2 Å². The SMILES string of the molecule is CCCCCCCCCCCCCCCCCC(=O)O[C@H](COC(=O)CCCCCCCCCCCCC)COP(=O)(O)OC[C@@H](O)COP(=O)(O)OC[C@@H](COC(=O)CCCCCCCCCC)OC(=O)CCCCCCCCC(C)CC. The average molecular weight is 1240 g/mol. The molecule has 0 aliphatic carbocycles. The van der Waals surface area contributed by atoms with Gasteiger partial charge in [-0.25, -0.2) is 9.13 Å². The molecule has 6 atom stereocenters. The Labute approximate surface area is 511 Å². The molecule has 0 amide bonds. The molecule has 0 aliphatic rings. The number of phosphoric acid groups is 2. The average Bonchev–Trinajstić information content (AvgIpc) is 3.61. The van der Waals surface area contributed by atoms with Crippen molar-refractivity contribution in [3.8, 4) is 0 Å². The van der Waals surface area contributed by atoms with Crippen molar-refractivity contribution in [1.82, 2.24) is 0 Å². The minimum Gasteiger partial charge on any atom is -0.462 e. The number of rotatable bonds is 65. The van der Waals surface area contributed by atoms with E-state index in [-0.39, 0.29) is 25.7 Å². The molecule has 19 heteroatoms. The maximum atomic E-state index is 13.0. The van der Waals surface area contributed by atoms with Gasteiger partial charge in [0.2, 0.25) is 0 Å². The molecule has 0 aromatic rings. The number of aliphatic hydroxyl groups excluding tert-OH is 1. The van der Waals surface area contributed by atoms with Gasteiger partial charge in [-0.05, 0) is 31.6 Å². The third kappa shape index (κ3) is 57.8. The molecule has 0 fully saturated rings. The molecule has 17 nitrogen and oxygen atoms in total. The van der Waals surface area contributed by atoms with Crippen molar-refractivity contribution in [2.75, 3.05) is 39.6 Å². The Hall–Kier alpha value is -1.94. The molecule has 84 heavy (non-hydrogen) atoms. The van der Waals surface area contributed by atoms with Crippen LogP contribution in [0.25, 0.3) is 0 Å². The summed E-state index contributed by atoms with van der Waals surface area (Å²) >= 11 is 0. The van der Waals surface area contributed by atoms with Gasteiger partial charge in [0, 0.05) is 25.7 Å². The second kappa shape index (κ2) is 58.7. The van der Waals surface area contributed by atoms with Gasteiger partial charge in [-0.1, -0.05) is 279 Å². The maximum Gasteiger partial charge on any atom is 0.472 e. The van der Waals surface area contributed by atoms with Gasteiger partial charge in [0.05, 0.1) is 26.4 Å². The molecule has 0 spiro atoms. The lowest BCUT2D eigenvalue weighted by Gasteiger charge is -2.21. The summed E-state index contributed by atoms with van der Waals surface area (Å²) in [4.78, 5) is 72.2. The van der Waals surface area contributed by atoms with Crippen LogP contribution >= 0.6 is 15.6 Å². The smallest absolute Gasteiger partial charge is 0.462 e.